The second-order valence-corrected chi connectivity index (χ2v) is 29.3. The Labute approximate surface area is 656 Å². The van der Waals surface area contributed by atoms with Gasteiger partial charge in [-0.2, -0.15) is 0 Å². The molecule has 0 aliphatic carbocycles. The maximum Gasteiger partial charge on any atom is 1.00 e. The van der Waals surface area contributed by atoms with E-state index >= 15 is 0 Å². The molecule has 28 atom stereocenters. The zero-order valence-corrected chi connectivity index (χ0v) is 65.8. The number of allylic oxidation sites excluding steroid dienone is 1. The molecule has 0 saturated carbocycles. The normalized spacial score (nSPS) is 34.3. The van der Waals surface area contributed by atoms with Gasteiger partial charge in [-0.25, -0.2) is 0 Å². The molecule has 624 valence electrons. The average molecular weight is 1570 g/mol. The van der Waals surface area contributed by atoms with Crippen LogP contribution in [0.15, 0.2) is 12.2 Å². The monoisotopic (exact) mass is 1570 g/mol. The summed E-state index contributed by atoms with van der Waals surface area (Å²) in [6, 6.07) is -4.85. The van der Waals surface area contributed by atoms with Gasteiger partial charge in [0.1, 0.15) is 122 Å². The Kier molecular flexibility index (Phi) is 47.4. The fourth-order valence-electron chi connectivity index (χ4n) is 14.3. The maximum atomic E-state index is 13.7. The third-order valence-corrected chi connectivity index (χ3v) is 20.6. The van der Waals surface area contributed by atoms with Crippen molar-refractivity contribution in [3.8, 4) is 0 Å². The molecular weight excluding hydrogens is 1440 g/mol. The minimum absolute atomic E-state index is 0. The van der Waals surface area contributed by atoms with Crippen molar-refractivity contribution in [1.29, 1.82) is 0 Å². The standard InChI is InChI=1S/C73H131N3O31.Na/c1-5-7-9-11-13-15-17-19-20-22-24-26-28-30-32-34-52(87)76-44(45(84)33-31-29-27-25-23-21-18-16-14-12-10-8-6-2)41-98-69-61(94)59(92)63(50(39-80)101-69)103-71-62(95)67(107-73(72(96)97)35-46(85)53(74-42(3)82)66(106-73)55(88)47(86)36-77)64(51(40-81)102-71)104-68-54(75-43(4)83)65(57(90)49(38-79)99-68)105-70-60(93)58(91)56(89)48(37-78)100-70;/h31,33,44-51,53-71,77-81,84-86,88-95H,5-30,32,34-41H2,1-4H3,(H,74,82)(H,75,83)(H,76,87)(H,96,97);/q;+1/p-1. The van der Waals surface area contributed by atoms with Gasteiger partial charge in [0.25, 0.3) is 0 Å². The first kappa shape index (κ1) is 97.9. The molecular formula is C73H130N3NaO31. The van der Waals surface area contributed by atoms with Crippen molar-refractivity contribution >= 4 is 23.7 Å². The summed E-state index contributed by atoms with van der Waals surface area (Å²) in [4.78, 5) is 52.8. The SMILES string of the molecule is CCCCCCCCCCCCCC=CC(O)C(COC1OC(CO)C(OC2OC(CO)C(OC3OC(CO)C(O)C(OC4OC(CO)C(O)C(O)C4O)C3NC(C)=O)C(OC3(C(=O)[O-])CC(O)C(NC(C)=O)C(C(O)C(O)CO)O3)C2O)C(O)C1O)NC(=O)CCCCCCCCCCCCCCCCC.[Na+]. The number of aliphatic hydroxyl groups is 16. The molecule has 5 fully saturated rings. The third-order valence-electron chi connectivity index (χ3n) is 20.6. The van der Waals surface area contributed by atoms with Crippen LogP contribution in [0.25, 0.3) is 0 Å². The quantitative estimate of drug-likeness (QED) is 0.0154. The number of rotatable bonds is 52. The molecule has 0 bridgehead atoms. The minimum Gasteiger partial charge on any atom is -0.544 e. The minimum atomic E-state index is -3.49. The van der Waals surface area contributed by atoms with E-state index < -0.39 is 235 Å². The number of unbranched alkanes of at least 4 members (excludes halogenated alkanes) is 25. The molecule has 5 saturated heterocycles. The van der Waals surface area contributed by atoms with Crippen molar-refractivity contribution in [3.05, 3.63) is 12.2 Å². The van der Waals surface area contributed by atoms with Crippen molar-refractivity contribution in [2.45, 2.75) is 385 Å². The molecule has 0 aromatic heterocycles. The molecule has 5 rings (SSSR count). The van der Waals surface area contributed by atoms with Gasteiger partial charge in [0.05, 0.1) is 63.9 Å². The van der Waals surface area contributed by atoms with E-state index in [-0.39, 0.29) is 41.9 Å². The van der Waals surface area contributed by atoms with Gasteiger partial charge in [0, 0.05) is 26.7 Å². The Morgan fingerprint density at radius 1 is 0.500 bits per heavy atom. The molecule has 3 amide bonds. The number of ether oxygens (including phenoxy) is 10. The molecule has 35 heteroatoms. The van der Waals surface area contributed by atoms with Gasteiger partial charge in [0.2, 0.25) is 23.5 Å². The van der Waals surface area contributed by atoms with Gasteiger partial charge in [-0.05, 0) is 19.3 Å². The molecule has 28 unspecified atom stereocenters. The van der Waals surface area contributed by atoms with Crippen LogP contribution >= 0.6 is 0 Å². The number of carboxylic acids is 1. The number of carboxylic acid groups (broad SMARTS) is 1. The zero-order valence-electron chi connectivity index (χ0n) is 63.8. The molecule has 5 aliphatic heterocycles. The summed E-state index contributed by atoms with van der Waals surface area (Å²) in [7, 11) is 0. The Hall–Kier alpha value is -2.42. The largest absolute Gasteiger partial charge is 1.00 e. The van der Waals surface area contributed by atoms with Gasteiger partial charge in [0.15, 0.2) is 25.2 Å². The zero-order chi connectivity index (χ0) is 78.8. The van der Waals surface area contributed by atoms with E-state index in [1.807, 2.05) is 6.08 Å². The number of amides is 3. The van der Waals surface area contributed by atoms with E-state index in [1.165, 1.54) is 109 Å². The van der Waals surface area contributed by atoms with Gasteiger partial charge < -0.3 is 155 Å². The summed E-state index contributed by atoms with van der Waals surface area (Å²) < 4.78 is 59.9. The molecule has 5 heterocycles. The number of nitrogens with one attached hydrogen (secondary N) is 3. The second kappa shape index (κ2) is 52.2. The summed E-state index contributed by atoms with van der Waals surface area (Å²) in [5.74, 6) is -8.10. The van der Waals surface area contributed by atoms with E-state index in [0.717, 1.165) is 71.6 Å². The summed E-state index contributed by atoms with van der Waals surface area (Å²) in [6.07, 6.45) is -17.3. The van der Waals surface area contributed by atoms with Gasteiger partial charge in [-0.3, -0.25) is 14.4 Å². The predicted molar refractivity (Wildman–Crippen MR) is 376 cm³/mol. The van der Waals surface area contributed by atoms with E-state index in [1.54, 1.807) is 0 Å². The molecule has 0 radical (unpaired) electrons. The average Bonchev–Trinajstić information content (AvgIpc) is 0.750. The summed E-state index contributed by atoms with van der Waals surface area (Å²) >= 11 is 0. The summed E-state index contributed by atoms with van der Waals surface area (Å²) in [5.41, 5.74) is 0. The molecule has 0 aromatic rings. The van der Waals surface area contributed by atoms with E-state index in [4.69, 9.17) is 47.4 Å². The van der Waals surface area contributed by atoms with Crippen molar-refractivity contribution in [2.75, 3.05) is 39.6 Å². The van der Waals surface area contributed by atoms with Crippen LogP contribution in [0.1, 0.15) is 214 Å². The van der Waals surface area contributed by atoms with Crippen molar-refractivity contribution in [2.24, 2.45) is 0 Å². The Balaban J connectivity index is 0.0000246. The first-order valence-corrected chi connectivity index (χ1v) is 39.1. The fourth-order valence-corrected chi connectivity index (χ4v) is 14.3. The number of hydrogen-bond acceptors (Lipinski definition) is 31. The van der Waals surface area contributed by atoms with Gasteiger partial charge in [-0.15, -0.1) is 0 Å². The Bertz CT molecular complexity index is 2510. The number of hydrogen-bond donors (Lipinski definition) is 19. The molecule has 0 aromatic carbocycles. The number of aliphatic carboxylic acids is 1. The second-order valence-electron chi connectivity index (χ2n) is 29.3. The Morgan fingerprint density at radius 3 is 1.44 bits per heavy atom. The molecule has 19 N–H and O–H groups in total. The maximum absolute atomic E-state index is 13.7. The molecule has 34 nitrogen and oxygen atoms in total. The van der Waals surface area contributed by atoms with Crippen LogP contribution in [-0.4, -0.2) is 316 Å². The predicted octanol–water partition coefficient (Wildman–Crippen LogP) is -5.37. The van der Waals surface area contributed by atoms with Crippen LogP contribution in [0.5, 0.6) is 0 Å². The van der Waals surface area contributed by atoms with Crippen LogP contribution in [-0.2, 0) is 66.5 Å². The van der Waals surface area contributed by atoms with Gasteiger partial charge in [-0.1, -0.05) is 180 Å². The van der Waals surface area contributed by atoms with Crippen molar-refractivity contribution < 1.29 is 183 Å². The molecule has 108 heavy (non-hydrogen) atoms. The molecule has 0 spiro atoms. The molecule has 5 aliphatic rings. The van der Waals surface area contributed by atoms with Gasteiger partial charge >= 0.3 is 29.6 Å². The fraction of sp³-hybridized carbons (Fsp3) is 0.918. The number of carbonyl (C=O) groups is 4. The van der Waals surface area contributed by atoms with E-state index in [2.05, 4.69) is 29.8 Å². The summed E-state index contributed by atoms with van der Waals surface area (Å²) in [5, 5.41) is 199. The van der Waals surface area contributed by atoms with Crippen LogP contribution < -0.4 is 50.6 Å². The first-order chi connectivity index (χ1) is 51.3. The van der Waals surface area contributed by atoms with E-state index in [0.29, 0.717) is 12.8 Å². The van der Waals surface area contributed by atoms with Crippen molar-refractivity contribution in [3.63, 3.8) is 0 Å². The topological polar surface area (TPSA) is 543 Å². The first-order valence-electron chi connectivity index (χ1n) is 39.1. The number of carbonyl (C=O) groups excluding carboxylic acids is 4. The van der Waals surface area contributed by atoms with Crippen molar-refractivity contribution in [1.82, 2.24) is 16.0 Å². The van der Waals surface area contributed by atoms with E-state index in [9.17, 15) is 106 Å². The van der Waals surface area contributed by atoms with Crippen LogP contribution in [0.3, 0.4) is 0 Å². The third kappa shape index (κ3) is 30.3. The van der Waals surface area contributed by atoms with Crippen LogP contribution in [0.4, 0.5) is 0 Å². The Morgan fingerprint density at radius 2 is 0.935 bits per heavy atom. The number of aliphatic hydroxyl groups excluding tert-OH is 16. The van der Waals surface area contributed by atoms with Crippen LogP contribution in [0.2, 0.25) is 0 Å². The smallest absolute Gasteiger partial charge is 0.544 e. The summed E-state index contributed by atoms with van der Waals surface area (Å²) in [6.45, 7) is 0.239. The van der Waals surface area contributed by atoms with Crippen LogP contribution in [0, 0.1) is 0 Å².